The summed E-state index contributed by atoms with van der Waals surface area (Å²) < 4.78 is 1.96. The third kappa shape index (κ3) is 2.44. The molecule has 1 aromatic carbocycles. The zero-order valence-electron chi connectivity index (χ0n) is 8.85. The number of benzene rings is 1. The summed E-state index contributed by atoms with van der Waals surface area (Å²) in [6, 6.07) is 12.3. The average Bonchev–Trinajstić information content (AvgIpc) is 2.76. The van der Waals surface area contributed by atoms with Gasteiger partial charge in [-0.25, -0.2) is 0 Å². The lowest BCUT2D eigenvalue weighted by Crippen LogP contribution is -2.15. The highest BCUT2D eigenvalue weighted by Crippen LogP contribution is 2.15. The van der Waals surface area contributed by atoms with Crippen molar-refractivity contribution >= 4 is 0 Å². The molecule has 0 atom stereocenters. The van der Waals surface area contributed by atoms with Gasteiger partial charge < -0.3 is 5.32 Å². The van der Waals surface area contributed by atoms with Crippen LogP contribution in [0.1, 0.15) is 0 Å². The fourth-order valence-corrected chi connectivity index (χ4v) is 1.48. The Bertz CT molecular complexity index is 406. The lowest BCUT2D eigenvalue weighted by Gasteiger charge is -1.99. The van der Waals surface area contributed by atoms with Crippen molar-refractivity contribution in [1.29, 1.82) is 0 Å². The smallest absolute Gasteiger partial charge is 0.0923 e. The Morgan fingerprint density at radius 2 is 2.00 bits per heavy atom. The van der Waals surface area contributed by atoms with Gasteiger partial charge in [0.25, 0.3) is 0 Å². The summed E-state index contributed by atoms with van der Waals surface area (Å²) in [6.45, 7) is 1.85. The first-order chi connectivity index (χ1) is 7.40. The molecule has 0 saturated heterocycles. The molecule has 15 heavy (non-hydrogen) atoms. The number of nitrogens with zero attached hydrogens (tertiary/aromatic N) is 2. The number of hydrogen-bond acceptors (Lipinski definition) is 2. The van der Waals surface area contributed by atoms with E-state index in [0.717, 1.165) is 18.8 Å². The predicted molar refractivity (Wildman–Crippen MR) is 61.6 cm³/mol. The molecule has 3 nitrogen and oxygen atoms in total. The minimum atomic E-state index is 0.906. The maximum absolute atomic E-state index is 4.49. The summed E-state index contributed by atoms with van der Waals surface area (Å²) in [7, 11) is 1.95. The molecule has 78 valence electrons. The summed E-state index contributed by atoms with van der Waals surface area (Å²) in [5.74, 6) is 0. The first kappa shape index (κ1) is 9.93. The molecule has 0 unspecified atom stereocenters. The van der Waals surface area contributed by atoms with Gasteiger partial charge in [0.2, 0.25) is 0 Å². The second kappa shape index (κ2) is 4.75. The van der Waals surface area contributed by atoms with Crippen LogP contribution in [0.15, 0.2) is 42.6 Å². The van der Waals surface area contributed by atoms with E-state index in [2.05, 4.69) is 22.5 Å². The van der Waals surface area contributed by atoms with Gasteiger partial charge in [-0.05, 0) is 13.1 Å². The third-order valence-electron chi connectivity index (χ3n) is 2.30. The van der Waals surface area contributed by atoms with Gasteiger partial charge in [0.15, 0.2) is 0 Å². The molecular formula is C12H15N3. The van der Waals surface area contributed by atoms with E-state index in [1.54, 1.807) is 0 Å². The van der Waals surface area contributed by atoms with E-state index in [0.29, 0.717) is 0 Å². The van der Waals surface area contributed by atoms with E-state index in [-0.39, 0.29) is 0 Å². The lowest BCUT2D eigenvalue weighted by molar-refractivity contribution is 0.586. The van der Waals surface area contributed by atoms with Crippen LogP contribution in [-0.2, 0) is 6.54 Å². The maximum Gasteiger partial charge on any atom is 0.0923 e. The van der Waals surface area contributed by atoms with Crippen LogP contribution < -0.4 is 5.32 Å². The Hall–Kier alpha value is -1.61. The standard InChI is InChI=1S/C12H15N3/c1-13-8-10-15-9-7-12(14-15)11-5-3-2-4-6-11/h2-7,9,13H,8,10H2,1H3. The van der Waals surface area contributed by atoms with E-state index in [1.807, 2.05) is 42.2 Å². The predicted octanol–water partition coefficient (Wildman–Crippen LogP) is 1.77. The fourth-order valence-electron chi connectivity index (χ4n) is 1.48. The van der Waals surface area contributed by atoms with Crippen molar-refractivity contribution in [3.05, 3.63) is 42.6 Å². The Morgan fingerprint density at radius 1 is 1.20 bits per heavy atom. The zero-order chi connectivity index (χ0) is 10.5. The fraction of sp³-hybridized carbons (Fsp3) is 0.250. The average molecular weight is 201 g/mol. The SMILES string of the molecule is CNCCn1ccc(-c2ccccc2)n1. The second-order valence-corrected chi connectivity index (χ2v) is 3.43. The molecule has 0 radical (unpaired) electrons. The summed E-state index contributed by atoms with van der Waals surface area (Å²) in [4.78, 5) is 0. The molecule has 0 saturated carbocycles. The van der Waals surface area contributed by atoms with E-state index in [9.17, 15) is 0 Å². The van der Waals surface area contributed by atoms with Crippen molar-refractivity contribution in [2.24, 2.45) is 0 Å². The number of hydrogen-bond donors (Lipinski definition) is 1. The number of likely N-dealkylation sites (N-methyl/N-ethyl adjacent to an activating group) is 1. The number of rotatable bonds is 4. The molecule has 0 amide bonds. The van der Waals surface area contributed by atoms with Crippen LogP contribution in [0, 0.1) is 0 Å². The van der Waals surface area contributed by atoms with Crippen LogP contribution >= 0.6 is 0 Å². The van der Waals surface area contributed by atoms with E-state index >= 15 is 0 Å². The van der Waals surface area contributed by atoms with Crippen LogP contribution in [0.5, 0.6) is 0 Å². The van der Waals surface area contributed by atoms with Gasteiger partial charge in [0.05, 0.1) is 12.2 Å². The quantitative estimate of drug-likeness (QED) is 0.817. The first-order valence-corrected chi connectivity index (χ1v) is 5.13. The first-order valence-electron chi connectivity index (χ1n) is 5.13. The highest BCUT2D eigenvalue weighted by molar-refractivity contribution is 5.57. The van der Waals surface area contributed by atoms with Crippen LogP contribution in [-0.4, -0.2) is 23.4 Å². The summed E-state index contributed by atoms with van der Waals surface area (Å²) >= 11 is 0. The van der Waals surface area contributed by atoms with Crippen LogP contribution in [0.2, 0.25) is 0 Å². The minimum Gasteiger partial charge on any atom is -0.318 e. The molecule has 2 rings (SSSR count). The van der Waals surface area contributed by atoms with Crippen molar-refractivity contribution in [1.82, 2.24) is 15.1 Å². The van der Waals surface area contributed by atoms with Gasteiger partial charge in [0.1, 0.15) is 0 Å². The van der Waals surface area contributed by atoms with Crippen LogP contribution in [0.4, 0.5) is 0 Å². The highest BCUT2D eigenvalue weighted by Gasteiger charge is 2.00. The van der Waals surface area contributed by atoms with Crippen molar-refractivity contribution in [3.63, 3.8) is 0 Å². The van der Waals surface area contributed by atoms with Crippen molar-refractivity contribution in [2.45, 2.75) is 6.54 Å². The highest BCUT2D eigenvalue weighted by atomic mass is 15.3. The normalized spacial score (nSPS) is 10.5. The zero-order valence-corrected chi connectivity index (χ0v) is 8.85. The van der Waals surface area contributed by atoms with Gasteiger partial charge in [-0.2, -0.15) is 5.10 Å². The molecule has 0 aliphatic heterocycles. The van der Waals surface area contributed by atoms with Crippen molar-refractivity contribution < 1.29 is 0 Å². The van der Waals surface area contributed by atoms with Crippen LogP contribution in [0.3, 0.4) is 0 Å². The van der Waals surface area contributed by atoms with E-state index in [1.165, 1.54) is 5.56 Å². The Labute approximate surface area is 89.7 Å². The van der Waals surface area contributed by atoms with Gasteiger partial charge >= 0.3 is 0 Å². The molecule has 1 N–H and O–H groups in total. The Morgan fingerprint density at radius 3 is 2.73 bits per heavy atom. The van der Waals surface area contributed by atoms with E-state index in [4.69, 9.17) is 0 Å². The van der Waals surface area contributed by atoms with Crippen molar-refractivity contribution in [2.75, 3.05) is 13.6 Å². The lowest BCUT2D eigenvalue weighted by atomic mass is 10.2. The summed E-state index contributed by atoms with van der Waals surface area (Å²) in [5.41, 5.74) is 2.20. The monoisotopic (exact) mass is 201 g/mol. The third-order valence-corrected chi connectivity index (χ3v) is 2.30. The van der Waals surface area contributed by atoms with Gasteiger partial charge in [-0.3, -0.25) is 4.68 Å². The molecule has 0 aliphatic rings. The molecule has 1 aromatic heterocycles. The summed E-state index contributed by atoms with van der Waals surface area (Å²) in [6.07, 6.45) is 2.01. The van der Waals surface area contributed by atoms with Gasteiger partial charge in [0, 0.05) is 18.3 Å². The summed E-state index contributed by atoms with van der Waals surface area (Å²) in [5, 5.41) is 7.60. The maximum atomic E-state index is 4.49. The topological polar surface area (TPSA) is 29.9 Å². The number of aromatic nitrogens is 2. The number of nitrogens with one attached hydrogen (secondary N) is 1. The van der Waals surface area contributed by atoms with E-state index < -0.39 is 0 Å². The molecule has 1 heterocycles. The molecule has 0 bridgehead atoms. The molecule has 2 aromatic rings. The molecule has 0 aliphatic carbocycles. The second-order valence-electron chi connectivity index (χ2n) is 3.43. The molecule has 3 heteroatoms. The largest absolute Gasteiger partial charge is 0.318 e. The van der Waals surface area contributed by atoms with Crippen LogP contribution in [0.25, 0.3) is 11.3 Å². The molecular weight excluding hydrogens is 186 g/mol. The minimum absolute atomic E-state index is 0.906. The Balaban J connectivity index is 2.14. The van der Waals surface area contributed by atoms with Gasteiger partial charge in [-0.15, -0.1) is 0 Å². The molecule has 0 fully saturated rings. The molecule has 0 spiro atoms. The Kier molecular flexibility index (Phi) is 3.15. The van der Waals surface area contributed by atoms with Gasteiger partial charge in [-0.1, -0.05) is 30.3 Å². The van der Waals surface area contributed by atoms with Crippen molar-refractivity contribution in [3.8, 4) is 11.3 Å².